The number of hydrogen-bond donors (Lipinski definition) is 1. The van der Waals surface area contributed by atoms with Gasteiger partial charge in [-0.2, -0.15) is 0 Å². The quantitative estimate of drug-likeness (QED) is 0.724. The zero-order valence-corrected chi connectivity index (χ0v) is 8.96. The van der Waals surface area contributed by atoms with Crippen LogP contribution in [0.25, 0.3) is 0 Å². The first-order valence-corrected chi connectivity index (χ1v) is 4.96. The highest BCUT2D eigenvalue weighted by molar-refractivity contribution is 5.22. The van der Waals surface area contributed by atoms with Crippen LogP contribution in [0.1, 0.15) is 24.5 Å². The average molecular weight is 190 g/mol. The Morgan fingerprint density at radius 2 is 1.93 bits per heavy atom. The van der Waals surface area contributed by atoms with Crippen LogP contribution in [0.15, 0.2) is 36.4 Å². The minimum atomic E-state index is -0.296. The number of benzene rings is 1. The zero-order valence-electron chi connectivity index (χ0n) is 8.96. The van der Waals surface area contributed by atoms with Crippen molar-refractivity contribution in [2.75, 3.05) is 0 Å². The van der Waals surface area contributed by atoms with Crippen LogP contribution in [0.5, 0.6) is 0 Å². The van der Waals surface area contributed by atoms with Crippen LogP contribution >= 0.6 is 0 Å². The number of hydrogen-bond acceptors (Lipinski definition) is 1. The Hall–Kier alpha value is -1.08. The first-order valence-electron chi connectivity index (χ1n) is 4.96. The molecule has 1 rings (SSSR count). The smallest absolute Gasteiger partial charge is 0.0617 e. The molecule has 1 aromatic carbocycles. The largest absolute Gasteiger partial charge is 0.392 e. The molecule has 0 aliphatic carbocycles. The first kappa shape index (κ1) is 11.0. The summed E-state index contributed by atoms with van der Waals surface area (Å²) in [5.74, 6) is 0. The Labute approximate surface area is 86.1 Å². The molecule has 0 spiro atoms. The van der Waals surface area contributed by atoms with Crippen LogP contribution in [0.3, 0.4) is 0 Å². The Morgan fingerprint density at radius 3 is 2.43 bits per heavy atom. The summed E-state index contributed by atoms with van der Waals surface area (Å²) in [4.78, 5) is 0. The van der Waals surface area contributed by atoms with Gasteiger partial charge in [0.1, 0.15) is 0 Å². The molecule has 1 heteroatoms. The van der Waals surface area contributed by atoms with Gasteiger partial charge in [-0.05, 0) is 32.3 Å². The van der Waals surface area contributed by atoms with Gasteiger partial charge in [-0.25, -0.2) is 0 Å². The molecule has 1 N–H and O–H groups in total. The Morgan fingerprint density at radius 1 is 1.36 bits per heavy atom. The number of aliphatic hydroxyl groups is 1. The lowest BCUT2D eigenvalue weighted by atomic mass is 10.0. The summed E-state index contributed by atoms with van der Waals surface area (Å²) in [6.07, 6.45) is 1.11. The van der Waals surface area contributed by atoms with Gasteiger partial charge in [0, 0.05) is 0 Å². The molecule has 0 saturated carbocycles. The van der Waals surface area contributed by atoms with Crippen molar-refractivity contribution in [3.8, 4) is 0 Å². The van der Waals surface area contributed by atoms with Gasteiger partial charge in [-0.3, -0.25) is 0 Å². The SMILES string of the molecule is C=C(C)CC(O)Cc1ccc(C)cc1. The van der Waals surface area contributed by atoms with E-state index in [2.05, 4.69) is 37.8 Å². The van der Waals surface area contributed by atoms with Crippen LogP contribution in [-0.2, 0) is 6.42 Å². The summed E-state index contributed by atoms with van der Waals surface area (Å²) in [5, 5.41) is 9.68. The average Bonchev–Trinajstić information content (AvgIpc) is 2.07. The van der Waals surface area contributed by atoms with E-state index in [9.17, 15) is 5.11 Å². The third kappa shape index (κ3) is 3.75. The van der Waals surface area contributed by atoms with E-state index in [0.29, 0.717) is 12.8 Å². The second kappa shape index (κ2) is 4.97. The number of rotatable bonds is 4. The van der Waals surface area contributed by atoms with E-state index in [4.69, 9.17) is 0 Å². The summed E-state index contributed by atoms with van der Waals surface area (Å²) in [5.41, 5.74) is 3.47. The lowest BCUT2D eigenvalue weighted by molar-refractivity contribution is 0.175. The second-order valence-electron chi connectivity index (χ2n) is 4.00. The third-order valence-electron chi connectivity index (χ3n) is 2.18. The molecule has 0 fully saturated rings. The maximum Gasteiger partial charge on any atom is 0.0617 e. The van der Waals surface area contributed by atoms with Crippen LogP contribution in [-0.4, -0.2) is 11.2 Å². The second-order valence-corrected chi connectivity index (χ2v) is 4.00. The van der Waals surface area contributed by atoms with Gasteiger partial charge < -0.3 is 5.11 Å². The van der Waals surface area contributed by atoms with Crippen molar-refractivity contribution >= 4 is 0 Å². The minimum absolute atomic E-state index is 0.296. The topological polar surface area (TPSA) is 20.2 Å². The third-order valence-corrected chi connectivity index (χ3v) is 2.18. The van der Waals surface area contributed by atoms with Crippen molar-refractivity contribution in [3.05, 3.63) is 47.5 Å². The van der Waals surface area contributed by atoms with E-state index in [1.165, 1.54) is 11.1 Å². The van der Waals surface area contributed by atoms with Crippen molar-refractivity contribution in [2.24, 2.45) is 0 Å². The summed E-state index contributed by atoms with van der Waals surface area (Å²) in [7, 11) is 0. The predicted molar refractivity (Wildman–Crippen MR) is 60.3 cm³/mol. The van der Waals surface area contributed by atoms with Gasteiger partial charge in [-0.15, -0.1) is 6.58 Å². The van der Waals surface area contributed by atoms with E-state index in [0.717, 1.165) is 5.57 Å². The van der Waals surface area contributed by atoms with Crippen LogP contribution in [0.4, 0.5) is 0 Å². The van der Waals surface area contributed by atoms with E-state index >= 15 is 0 Å². The highest BCUT2D eigenvalue weighted by Crippen LogP contribution is 2.10. The normalized spacial score (nSPS) is 12.5. The lowest BCUT2D eigenvalue weighted by Crippen LogP contribution is -2.10. The van der Waals surface area contributed by atoms with Crippen molar-refractivity contribution in [2.45, 2.75) is 32.8 Å². The van der Waals surface area contributed by atoms with Crippen molar-refractivity contribution in [1.82, 2.24) is 0 Å². The molecule has 0 heterocycles. The highest BCUT2D eigenvalue weighted by atomic mass is 16.3. The Balaban J connectivity index is 2.51. The van der Waals surface area contributed by atoms with E-state index in [-0.39, 0.29) is 6.10 Å². The molecule has 1 aromatic rings. The molecule has 1 nitrogen and oxygen atoms in total. The summed E-state index contributed by atoms with van der Waals surface area (Å²) >= 11 is 0. The number of aliphatic hydroxyl groups excluding tert-OH is 1. The highest BCUT2D eigenvalue weighted by Gasteiger charge is 2.05. The minimum Gasteiger partial charge on any atom is -0.392 e. The van der Waals surface area contributed by atoms with Gasteiger partial charge in [0.2, 0.25) is 0 Å². The maximum atomic E-state index is 9.68. The Kier molecular flexibility index (Phi) is 3.90. The number of aryl methyl sites for hydroxylation is 1. The molecule has 0 amide bonds. The molecular formula is C13H18O. The molecule has 0 aliphatic rings. The molecule has 1 unspecified atom stereocenters. The molecule has 0 aromatic heterocycles. The predicted octanol–water partition coefficient (Wildman–Crippen LogP) is 2.86. The fraction of sp³-hybridized carbons (Fsp3) is 0.385. The lowest BCUT2D eigenvalue weighted by Gasteiger charge is -2.10. The van der Waals surface area contributed by atoms with E-state index < -0.39 is 0 Å². The van der Waals surface area contributed by atoms with Gasteiger partial charge in [0.25, 0.3) is 0 Å². The van der Waals surface area contributed by atoms with Gasteiger partial charge in [0.05, 0.1) is 6.10 Å². The fourth-order valence-electron chi connectivity index (χ4n) is 1.47. The monoisotopic (exact) mass is 190 g/mol. The van der Waals surface area contributed by atoms with E-state index in [1.807, 2.05) is 6.92 Å². The summed E-state index contributed by atoms with van der Waals surface area (Å²) in [6.45, 7) is 7.80. The molecule has 0 radical (unpaired) electrons. The van der Waals surface area contributed by atoms with Gasteiger partial charge in [0.15, 0.2) is 0 Å². The molecule has 76 valence electrons. The van der Waals surface area contributed by atoms with Crippen molar-refractivity contribution in [3.63, 3.8) is 0 Å². The molecular weight excluding hydrogens is 172 g/mol. The van der Waals surface area contributed by atoms with Crippen LogP contribution in [0, 0.1) is 6.92 Å². The zero-order chi connectivity index (χ0) is 10.6. The van der Waals surface area contributed by atoms with Gasteiger partial charge in [-0.1, -0.05) is 35.4 Å². The Bertz CT molecular complexity index is 298. The molecule has 14 heavy (non-hydrogen) atoms. The fourth-order valence-corrected chi connectivity index (χ4v) is 1.47. The van der Waals surface area contributed by atoms with Crippen LogP contribution in [0.2, 0.25) is 0 Å². The summed E-state index contributed by atoms with van der Waals surface area (Å²) in [6, 6.07) is 8.28. The summed E-state index contributed by atoms with van der Waals surface area (Å²) < 4.78 is 0. The molecule has 0 saturated heterocycles. The maximum absolute atomic E-state index is 9.68. The first-order chi connectivity index (χ1) is 6.58. The molecule has 0 bridgehead atoms. The van der Waals surface area contributed by atoms with Gasteiger partial charge >= 0.3 is 0 Å². The van der Waals surface area contributed by atoms with Crippen LogP contribution < -0.4 is 0 Å². The molecule has 0 aliphatic heterocycles. The van der Waals surface area contributed by atoms with Crippen molar-refractivity contribution in [1.29, 1.82) is 0 Å². The van der Waals surface area contributed by atoms with Crippen molar-refractivity contribution < 1.29 is 5.11 Å². The van der Waals surface area contributed by atoms with E-state index in [1.54, 1.807) is 0 Å². The molecule has 1 atom stereocenters. The standard InChI is InChI=1S/C13H18O/c1-10(2)8-13(14)9-12-6-4-11(3)5-7-12/h4-7,13-14H,1,8-9H2,2-3H3.